The fourth-order valence-electron chi connectivity index (χ4n) is 2.12. The smallest absolute Gasteiger partial charge is 0.221 e. The van der Waals surface area contributed by atoms with E-state index in [1.165, 1.54) is 7.11 Å². The van der Waals surface area contributed by atoms with Gasteiger partial charge in [0.05, 0.1) is 12.7 Å². The number of amidine groups is 1. The van der Waals surface area contributed by atoms with Crippen molar-refractivity contribution in [1.29, 1.82) is 0 Å². The third-order valence-electron chi connectivity index (χ3n) is 3.22. The van der Waals surface area contributed by atoms with Gasteiger partial charge in [0.25, 0.3) is 0 Å². The molecule has 7 heteroatoms. The quantitative estimate of drug-likeness (QED) is 0.257. The number of oxime groups is 1. The van der Waals surface area contributed by atoms with Crippen LogP contribution in [0, 0.1) is 0 Å². The fraction of sp³-hybridized carbons (Fsp3) is 0.385. The van der Waals surface area contributed by atoms with Gasteiger partial charge in [-0.05, 0) is 17.7 Å². The number of amides is 1. The van der Waals surface area contributed by atoms with Gasteiger partial charge in [0.2, 0.25) is 5.91 Å². The van der Waals surface area contributed by atoms with Gasteiger partial charge in [0.15, 0.2) is 5.84 Å². The Balaban J connectivity index is 2.04. The maximum atomic E-state index is 11.1. The zero-order valence-electron chi connectivity index (χ0n) is 11.2. The largest absolute Gasteiger partial charge is 0.496 e. The van der Waals surface area contributed by atoms with Crippen molar-refractivity contribution >= 4 is 11.7 Å². The Kier molecular flexibility index (Phi) is 4.41. The molecule has 0 aliphatic carbocycles. The highest BCUT2D eigenvalue weighted by Crippen LogP contribution is 2.20. The van der Waals surface area contributed by atoms with Crippen LogP contribution in [0.5, 0.6) is 5.75 Å². The van der Waals surface area contributed by atoms with Gasteiger partial charge in [0.1, 0.15) is 5.75 Å². The van der Waals surface area contributed by atoms with Gasteiger partial charge >= 0.3 is 0 Å². The molecule has 1 amide bonds. The maximum absolute atomic E-state index is 11.1. The van der Waals surface area contributed by atoms with E-state index in [0.717, 1.165) is 5.56 Å². The van der Waals surface area contributed by atoms with Crippen LogP contribution in [0.25, 0.3) is 0 Å². The molecular weight excluding hydrogens is 260 g/mol. The average molecular weight is 278 g/mol. The molecule has 1 aliphatic heterocycles. The topological polar surface area (TPSA) is 109 Å². The van der Waals surface area contributed by atoms with Crippen molar-refractivity contribution in [2.45, 2.75) is 19.0 Å². The summed E-state index contributed by atoms with van der Waals surface area (Å²) >= 11 is 0. The second-order valence-corrected chi connectivity index (χ2v) is 4.61. The van der Waals surface area contributed by atoms with E-state index in [1.54, 1.807) is 6.07 Å². The maximum Gasteiger partial charge on any atom is 0.221 e. The molecule has 1 heterocycles. The van der Waals surface area contributed by atoms with Crippen LogP contribution in [0.4, 0.5) is 0 Å². The van der Waals surface area contributed by atoms with Gasteiger partial charge in [-0.3, -0.25) is 4.79 Å². The summed E-state index contributed by atoms with van der Waals surface area (Å²) in [5.74, 6) is 0.620. The second-order valence-electron chi connectivity index (χ2n) is 4.61. The molecule has 5 N–H and O–H groups in total. The van der Waals surface area contributed by atoms with Crippen LogP contribution >= 0.6 is 0 Å². The number of carbonyl (C=O) groups is 1. The molecule has 1 aliphatic rings. The molecule has 1 unspecified atom stereocenters. The SMILES string of the molecule is COc1cc(CNC2CNC(=O)C2)ccc1/C(N)=N/O. The Bertz CT molecular complexity index is 530. The standard InChI is InChI=1S/C13H18N4O3/c1-20-11-4-8(2-3-10(11)13(14)17-19)6-15-9-5-12(18)16-7-9/h2-4,9,15,19H,5-7H2,1H3,(H2,14,17)(H,16,18). The molecule has 0 radical (unpaired) electrons. The summed E-state index contributed by atoms with van der Waals surface area (Å²) in [6.07, 6.45) is 0.499. The monoisotopic (exact) mass is 278 g/mol. The van der Waals surface area contributed by atoms with Crippen LogP contribution in [-0.4, -0.2) is 36.6 Å². The number of nitrogens with zero attached hydrogens (tertiary/aromatic N) is 1. The van der Waals surface area contributed by atoms with Crippen LogP contribution in [0.3, 0.4) is 0 Å². The van der Waals surface area contributed by atoms with E-state index in [2.05, 4.69) is 15.8 Å². The fourth-order valence-corrected chi connectivity index (χ4v) is 2.12. The Morgan fingerprint density at radius 3 is 3.05 bits per heavy atom. The van der Waals surface area contributed by atoms with Gasteiger partial charge < -0.3 is 26.3 Å². The first kappa shape index (κ1) is 14.1. The molecule has 7 nitrogen and oxygen atoms in total. The molecular formula is C13H18N4O3. The van der Waals surface area contributed by atoms with Crippen LogP contribution in [-0.2, 0) is 11.3 Å². The molecule has 0 aromatic heterocycles. The first-order chi connectivity index (χ1) is 9.63. The lowest BCUT2D eigenvalue weighted by Gasteiger charge is -2.13. The van der Waals surface area contributed by atoms with Gasteiger partial charge in [0, 0.05) is 25.6 Å². The summed E-state index contributed by atoms with van der Waals surface area (Å²) in [6, 6.07) is 5.58. The van der Waals surface area contributed by atoms with E-state index in [4.69, 9.17) is 15.7 Å². The lowest BCUT2D eigenvalue weighted by Crippen LogP contribution is -2.30. The van der Waals surface area contributed by atoms with Gasteiger partial charge in [-0.25, -0.2) is 0 Å². The molecule has 1 saturated heterocycles. The van der Waals surface area contributed by atoms with Crippen molar-refractivity contribution < 1.29 is 14.7 Å². The van der Waals surface area contributed by atoms with E-state index in [-0.39, 0.29) is 17.8 Å². The molecule has 1 aromatic rings. The molecule has 0 saturated carbocycles. The van der Waals surface area contributed by atoms with Gasteiger partial charge in [-0.2, -0.15) is 0 Å². The number of ether oxygens (including phenoxy) is 1. The molecule has 20 heavy (non-hydrogen) atoms. The van der Waals surface area contributed by atoms with Gasteiger partial charge in [-0.15, -0.1) is 0 Å². The van der Waals surface area contributed by atoms with Crippen LogP contribution < -0.4 is 21.1 Å². The van der Waals surface area contributed by atoms with Crippen molar-refractivity contribution in [2.24, 2.45) is 10.9 Å². The highest BCUT2D eigenvalue weighted by atomic mass is 16.5. The first-order valence-corrected chi connectivity index (χ1v) is 6.29. The summed E-state index contributed by atoms with van der Waals surface area (Å²) in [7, 11) is 1.53. The van der Waals surface area contributed by atoms with E-state index in [9.17, 15) is 4.79 Å². The zero-order chi connectivity index (χ0) is 14.5. The van der Waals surface area contributed by atoms with Crippen LogP contribution in [0.2, 0.25) is 0 Å². The summed E-state index contributed by atoms with van der Waals surface area (Å²) in [6.45, 7) is 1.27. The first-order valence-electron chi connectivity index (χ1n) is 6.29. The average Bonchev–Trinajstić information content (AvgIpc) is 2.89. The lowest BCUT2D eigenvalue weighted by molar-refractivity contribution is -0.119. The van der Waals surface area contributed by atoms with E-state index >= 15 is 0 Å². The summed E-state index contributed by atoms with van der Waals surface area (Å²) in [4.78, 5) is 11.1. The molecule has 1 atom stereocenters. The van der Waals surface area contributed by atoms with Crippen molar-refractivity contribution in [2.75, 3.05) is 13.7 Å². The molecule has 0 spiro atoms. The Labute approximate surface area is 116 Å². The highest BCUT2D eigenvalue weighted by Gasteiger charge is 2.20. The van der Waals surface area contributed by atoms with Crippen molar-refractivity contribution in [3.8, 4) is 5.75 Å². The predicted octanol–water partition coefficient (Wildman–Crippen LogP) is -0.232. The molecule has 108 valence electrons. The minimum absolute atomic E-state index is 0.00643. The number of rotatable bonds is 5. The lowest BCUT2D eigenvalue weighted by atomic mass is 10.1. The number of hydrogen-bond acceptors (Lipinski definition) is 5. The summed E-state index contributed by atoms with van der Waals surface area (Å²) < 4.78 is 5.23. The van der Waals surface area contributed by atoms with Crippen LogP contribution in [0.15, 0.2) is 23.4 Å². The number of nitrogens with one attached hydrogen (secondary N) is 2. The van der Waals surface area contributed by atoms with Gasteiger partial charge in [-0.1, -0.05) is 11.2 Å². The number of methoxy groups -OCH3 is 1. The van der Waals surface area contributed by atoms with Crippen molar-refractivity contribution in [3.05, 3.63) is 29.3 Å². The van der Waals surface area contributed by atoms with Crippen molar-refractivity contribution in [1.82, 2.24) is 10.6 Å². The Hall–Kier alpha value is -2.28. The zero-order valence-corrected chi connectivity index (χ0v) is 11.2. The Morgan fingerprint density at radius 2 is 2.45 bits per heavy atom. The third-order valence-corrected chi connectivity index (χ3v) is 3.22. The summed E-state index contributed by atoms with van der Waals surface area (Å²) in [5.41, 5.74) is 7.10. The van der Waals surface area contributed by atoms with Crippen LogP contribution in [0.1, 0.15) is 17.5 Å². The number of carbonyl (C=O) groups excluding carboxylic acids is 1. The molecule has 0 bridgehead atoms. The second kappa shape index (κ2) is 6.25. The third kappa shape index (κ3) is 3.18. The van der Waals surface area contributed by atoms with E-state index in [0.29, 0.717) is 30.8 Å². The van der Waals surface area contributed by atoms with Crippen molar-refractivity contribution in [3.63, 3.8) is 0 Å². The highest BCUT2D eigenvalue weighted by molar-refractivity contribution is 5.99. The number of hydrogen-bond donors (Lipinski definition) is 4. The number of benzene rings is 1. The van der Waals surface area contributed by atoms with E-state index < -0.39 is 0 Å². The minimum Gasteiger partial charge on any atom is -0.496 e. The molecule has 1 fully saturated rings. The molecule has 1 aromatic carbocycles. The molecule has 2 rings (SSSR count). The predicted molar refractivity (Wildman–Crippen MR) is 73.8 cm³/mol. The Morgan fingerprint density at radius 1 is 1.65 bits per heavy atom. The summed E-state index contributed by atoms with van der Waals surface area (Å²) in [5, 5.41) is 17.7. The minimum atomic E-state index is 0.00643. The normalized spacial score (nSPS) is 18.9. The van der Waals surface area contributed by atoms with E-state index in [1.807, 2.05) is 12.1 Å². The number of nitrogens with two attached hydrogens (primary N) is 1.